The second kappa shape index (κ2) is 12.0. The zero-order valence-corrected chi connectivity index (χ0v) is 20.1. The molecule has 0 spiro atoms. The first-order chi connectivity index (χ1) is 15.5. The fourth-order valence-corrected chi connectivity index (χ4v) is 3.92. The molecular formula is C23H19Cl3N2O3S. The lowest BCUT2D eigenvalue weighted by molar-refractivity contribution is -0.118. The molecule has 1 amide bonds. The maximum atomic E-state index is 12.0. The molecule has 3 aromatic carbocycles. The van der Waals surface area contributed by atoms with E-state index in [1.54, 1.807) is 55.6 Å². The van der Waals surface area contributed by atoms with Crippen LogP contribution in [0.3, 0.4) is 0 Å². The predicted octanol–water partition coefficient (Wildman–Crippen LogP) is 6.48. The second-order valence-corrected chi connectivity index (χ2v) is 8.73. The summed E-state index contributed by atoms with van der Waals surface area (Å²) in [7, 11) is 1.54. The van der Waals surface area contributed by atoms with E-state index in [4.69, 9.17) is 44.3 Å². The number of nitrogens with zero attached hydrogens (tertiary/aromatic N) is 1. The van der Waals surface area contributed by atoms with Gasteiger partial charge in [0.05, 0.1) is 19.1 Å². The summed E-state index contributed by atoms with van der Waals surface area (Å²) < 4.78 is 11.2. The van der Waals surface area contributed by atoms with Crippen molar-refractivity contribution in [3.63, 3.8) is 0 Å². The standard InChI is InChI=1S/C23H19Cl3N2O3S/c1-30-22-11-15(5-10-21(22)31-13-18-19(25)3-2-4-20(18)26)12-27-28-23(29)14-32-17-8-6-16(24)7-9-17/h2-12H,13-14H2,1H3,(H,28,29)/b27-12+. The monoisotopic (exact) mass is 508 g/mol. The SMILES string of the molecule is COc1cc(/C=N/NC(=O)CSc2ccc(Cl)cc2)ccc1OCc1c(Cl)cccc1Cl. The Hall–Kier alpha value is -2.38. The van der Waals surface area contributed by atoms with Crippen molar-refractivity contribution in [1.29, 1.82) is 0 Å². The van der Waals surface area contributed by atoms with Crippen LogP contribution in [0.5, 0.6) is 11.5 Å². The Labute approximate surface area is 205 Å². The Morgan fingerprint density at radius 3 is 2.44 bits per heavy atom. The number of methoxy groups -OCH3 is 1. The number of benzene rings is 3. The molecule has 0 aliphatic heterocycles. The summed E-state index contributed by atoms with van der Waals surface area (Å²) >= 11 is 19.6. The third-order valence-electron chi connectivity index (χ3n) is 4.21. The number of halogens is 3. The first-order valence-corrected chi connectivity index (χ1v) is 11.5. The molecule has 0 aromatic heterocycles. The lowest BCUT2D eigenvalue weighted by Crippen LogP contribution is -2.19. The van der Waals surface area contributed by atoms with E-state index in [2.05, 4.69) is 10.5 Å². The zero-order chi connectivity index (χ0) is 22.9. The molecule has 0 aliphatic carbocycles. The van der Waals surface area contributed by atoms with Crippen LogP contribution in [-0.2, 0) is 11.4 Å². The van der Waals surface area contributed by atoms with Crippen LogP contribution in [0.25, 0.3) is 0 Å². The molecule has 0 saturated heterocycles. The normalized spacial score (nSPS) is 10.9. The van der Waals surface area contributed by atoms with Gasteiger partial charge in [0.15, 0.2) is 11.5 Å². The molecular weight excluding hydrogens is 491 g/mol. The fraction of sp³-hybridized carbons (Fsp3) is 0.130. The van der Waals surface area contributed by atoms with Gasteiger partial charge in [-0.2, -0.15) is 5.10 Å². The molecule has 0 atom stereocenters. The van der Waals surface area contributed by atoms with Gasteiger partial charge in [0.1, 0.15) is 6.61 Å². The molecule has 1 N–H and O–H groups in total. The van der Waals surface area contributed by atoms with Gasteiger partial charge in [-0.05, 0) is 60.2 Å². The molecule has 3 aromatic rings. The summed E-state index contributed by atoms with van der Waals surface area (Å²) in [6.45, 7) is 0.198. The number of thioether (sulfide) groups is 1. The van der Waals surface area contributed by atoms with Crippen LogP contribution in [0.15, 0.2) is 70.7 Å². The van der Waals surface area contributed by atoms with Gasteiger partial charge in [-0.25, -0.2) is 5.43 Å². The second-order valence-electron chi connectivity index (χ2n) is 6.43. The Morgan fingerprint density at radius 1 is 1.03 bits per heavy atom. The molecule has 0 bridgehead atoms. The van der Waals surface area contributed by atoms with Crippen molar-refractivity contribution >= 4 is 58.7 Å². The highest BCUT2D eigenvalue weighted by Crippen LogP contribution is 2.31. The van der Waals surface area contributed by atoms with Gasteiger partial charge in [0, 0.05) is 25.5 Å². The third-order valence-corrected chi connectivity index (χ3v) is 6.18. The van der Waals surface area contributed by atoms with Crippen LogP contribution in [0.4, 0.5) is 0 Å². The number of nitrogens with one attached hydrogen (secondary N) is 1. The van der Waals surface area contributed by atoms with E-state index in [0.29, 0.717) is 32.1 Å². The molecule has 0 fully saturated rings. The van der Waals surface area contributed by atoms with Crippen LogP contribution in [0.2, 0.25) is 15.1 Å². The van der Waals surface area contributed by atoms with E-state index in [9.17, 15) is 4.79 Å². The Balaban J connectivity index is 1.54. The lowest BCUT2D eigenvalue weighted by atomic mass is 10.2. The number of carbonyl (C=O) groups is 1. The minimum absolute atomic E-state index is 0.198. The molecule has 5 nitrogen and oxygen atoms in total. The van der Waals surface area contributed by atoms with Gasteiger partial charge in [0.25, 0.3) is 0 Å². The topological polar surface area (TPSA) is 59.9 Å². The molecule has 9 heteroatoms. The largest absolute Gasteiger partial charge is 0.493 e. The van der Waals surface area contributed by atoms with Crippen molar-refractivity contribution in [3.05, 3.63) is 86.9 Å². The summed E-state index contributed by atoms with van der Waals surface area (Å²) in [4.78, 5) is 12.9. The van der Waals surface area contributed by atoms with Crippen LogP contribution >= 0.6 is 46.6 Å². The predicted molar refractivity (Wildman–Crippen MR) is 132 cm³/mol. The fourth-order valence-electron chi connectivity index (χ4n) is 2.59. The molecule has 0 heterocycles. The van der Waals surface area contributed by atoms with E-state index in [-0.39, 0.29) is 18.3 Å². The molecule has 0 saturated carbocycles. The average Bonchev–Trinajstić information content (AvgIpc) is 2.79. The quantitative estimate of drug-likeness (QED) is 0.204. The number of amides is 1. The van der Waals surface area contributed by atoms with Crippen molar-refractivity contribution < 1.29 is 14.3 Å². The molecule has 32 heavy (non-hydrogen) atoms. The number of hydrogen-bond donors (Lipinski definition) is 1. The molecule has 0 unspecified atom stereocenters. The van der Waals surface area contributed by atoms with Gasteiger partial charge in [-0.3, -0.25) is 4.79 Å². The van der Waals surface area contributed by atoms with Crippen LogP contribution < -0.4 is 14.9 Å². The van der Waals surface area contributed by atoms with E-state index in [1.165, 1.54) is 18.0 Å². The first kappa shape index (κ1) is 24.3. The van der Waals surface area contributed by atoms with E-state index in [0.717, 1.165) is 10.5 Å². The van der Waals surface area contributed by atoms with Crippen LogP contribution in [0.1, 0.15) is 11.1 Å². The van der Waals surface area contributed by atoms with Gasteiger partial charge in [-0.1, -0.05) is 40.9 Å². The van der Waals surface area contributed by atoms with Crippen molar-refractivity contribution in [3.8, 4) is 11.5 Å². The van der Waals surface area contributed by atoms with Gasteiger partial charge < -0.3 is 9.47 Å². The Kier molecular flexibility index (Phi) is 9.11. The number of hydrogen-bond acceptors (Lipinski definition) is 5. The highest BCUT2D eigenvalue weighted by atomic mass is 35.5. The van der Waals surface area contributed by atoms with Gasteiger partial charge in [-0.15, -0.1) is 11.8 Å². The maximum absolute atomic E-state index is 12.0. The molecule has 3 rings (SSSR count). The molecule has 166 valence electrons. The summed E-state index contributed by atoms with van der Waals surface area (Å²) in [5.41, 5.74) is 3.94. The number of hydrazone groups is 1. The first-order valence-electron chi connectivity index (χ1n) is 9.40. The van der Waals surface area contributed by atoms with Crippen molar-refractivity contribution in [1.82, 2.24) is 5.43 Å². The summed E-state index contributed by atoms with van der Waals surface area (Å²) in [5, 5.41) is 5.72. The van der Waals surface area contributed by atoms with E-state index in [1.807, 2.05) is 12.1 Å². The Morgan fingerprint density at radius 2 is 1.75 bits per heavy atom. The summed E-state index contributed by atoms with van der Waals surface area (Å²) in [6, 6.07) is 17.9. The number of rotatable bonds is 9. The van der Waals surface area contributed by atoms with Crippen molar-refractivity contribution in [2.24, 2.45) is 5.10 Å². The molecule has 0 radical (unpaired) electrons. The Bertz CT molecular complexity index is 1090. The highest BCUT2D eigenvalue weighted by molar-refractivity contribution is 8.00. The van der Waals surface area contributed by atoms with Gasteiger partial charge >= 0.3 is 0 Å². The minimum Gasteiger partial charge on any atom is -0.493 e. The van der Waals surface area contributed by atoms with E-state index >= 15 is 0 Å². The smallest absolute Gasteiger partial charge is 0.250 e. The van der Waals surface area contributed by atoms with Gasteiger partial charge in [0.2, 0.25) is 5.91 Å². The average molecular weight is 510 g/mol. The lowest BCUT2D eigenvalue weighted by Gasteiger charge is -2.13. The van der Waals surface area contributed by atoms with E-state index < -0.39 is 0 Å². The van der Waals surface area contributed by atoms with Crippen LogP contribution in [0, 0.1) is 0 Å². The summed E-state index contributed by atoms with van der Waals surface area (Å²) in [6.07, 6.45) is 1.53. The van der Waals surface area contributed by atoms with Crippen molar-refractivity contribution in [2.45, 2.75) is 11.5 Å². The molecule has 0 aliphatic rings. The number of ether oxygens (including phenoxy) is 2. The third kappa shape index (κ3) is 7.07. The van der Waals surface area contributed by atoms with Crippen LogP contribution in [-0.4, -0.2) is 25.0 Å². The van der Waals surface area contributed by atoms with Crippen molar-refractivity contribution in [2.75, 3.05) is 12.9 Å². The maximum Gasteiger partial charge on any atom is 0.250 e. The highest BCUT2D eigenvalue weighted by Gasteiger charge is 2.10. The zero-order valence-electron chi connectivity index (χ0n) is 17.0. The summed E-state index contributed by atoms with van der Waals surface area (Å²) in [5.74, 6) is 1.06. The number of carbonyl (C=O) groups excluding carboxylic acids is 1. The minimum atomic E-state index is -0.218.